The van der Waals surface area contributed by atoms with Crippen LogP contribution in [0.15, 0.2) is 5.38 Å². The summed E-state index contributed by atoms with van der Waals surface area (Å²) in [5, 5.41) is 5.51. The topological polar surface area (TPSA) is 68.0 Å². The molecule has 0 aromatic carbocycles. The Morgan fingerprint density at radius 1 is 1.45 bits per heavy atom. The second-order valence-corrected chi connectivity index (χ2v) is 6.93. The van der Waals surface area contributed by atoms with E-state index >= 15 is 0 Å². The van der Waals surface area contributed by atoms with E-state index in [9.17, 15) is 4.79 Å². The number of anilines is 1. The third-order valence-corrected chi connectivity index (χ3v) is 4.77. The Labute approximate surface area is 125 Å². The van der Waals surface area contributed by atoms with E-state index in [0.717, 1.165) is 12.1 Å². The predicted molar refractivity (Wildman–Crippen MR) is 84.0 cm³/mol. The Morgan fingerprint density at radius 3 is 2.75 bits per heavy atom. The first-order chi connectivity index (χ1) is 9.56. The summed E-state index contributed by atoms with van der Waals surface area (Å²) in [6, 6.07) is -0.413. The minimum absolute atomic E-state index is 0.0970. The molecule has 1 unspecified atom stereocenters. The summed E-state index contributed by atoms with van der Waals surface area (Å²) in [5.74, 6) is 0.903. The molecule has 0 radical (unpaired) electrons. The lowest BCUT2D eigenvalue weighted by atomic mass is 9.85. The van der Waals surface area contributed by atoms with Gasteiger partial charge in [0.05, 0.1) is 11.7 Å². The normalized spacial score (nSPS) is 18.2. The zero-order valence-electron chi connectivity index (χ0n) is 12.4. The first-order valence-electron chi connectivity index (χ1n) is 7.58. The Hall–Kier alpha value is -0.940. The molecule has 2 rings (SSSR count). The van der Waals surface area contributed by atoms with Crippen molar-refractivity contribution in [3.05, 3.63) is 11.1 Å². The first-order valence-corrected chi connectivity index (χ1v) is 8.46. The minimum Gasteiger partial charge on any atom is -0.320 e. The van der Waals surface area contributed by atoms with Crippen molar-refractivity contribution in [1.29, 1.82) is 0 Å². The van der Waals surface area contributed by atoms with Gasteiger partial charge in [-0.2, -0.15) is 0 Å². The summed E-state index contributed by atoms with van der Waals surface area (Å²) in [5.41, 5.74) is 7.05. The van der Waals surface area contributed by atoms with Crippen LogP contribution in [0, 0.1) is 5.92 Å². The lowest BCUT2D eigenvalue weighted by Crippen LogP contribution is -2.37. The number of nitrogens with zero attached hydrogens (tertiary/aromatic N) is 1. The predicted octanol–water partition coefficient (Wildman–Crippen LogP) is 3.50. The molecule has 1 aliphatic carbocycles. The first kappa shape index (κ1) is 15.4. The van der Waals surface area contributed by atoms with Crippen molar-refractivity contribution >= 4 is 22.4 Å². The molecule has 0 saturated heterocycles. The largest absolute Gasteiger partial charge is 0.320 e. The molecule has 1 fully saturated rings. The third-order valence-electron chi connectivity index (χ3n) is 3.99. The summed E-state index contributed by atoms with van der Waals surface area (Å²) in [6.45, 7) is 4.19. The molecule has 0 bridgehead atoms. The van der Waals surface area contributed by atoms with Crippen molar-refractivity contribution in [1.82, 2.24) is 4.98 Å². The maximum absolute atomic E-state index is 12.1. The van der Waals surface area contributed by atoms with Crippen molar-refractivity contribution in [3.8, 4) is 0 Å². The molecule has 1 atom stereocenters. The van der Waals surface area contributed by atoms with E-state index in [0.29, 0.717) is 17.0 Å². The number of thiazole rings is 1. The Morgan fingerprint density at radius 2 is 2.15 bits per heavy atom. The van der Waals surface area contributed by atoms with Crippen molar-refractivity contribution in [2.45, 2.75) is 64.3 Å². The number of hydrogen-bond acceptors (Lipinski definition) is 4. The Balaban J connectivity index is 1.83. The van der Waals surface area contributed by atoms with Crippen molar-refractivity contribution in [3.63, 3.8) is 0 Å². The van der Waals surface area contributed by atoms with Gasteiger partial charge in [-0.1, -0.05) is 46.0 Å². The molecule has 1 saturated carbocycles. The minimum atomic E-state index is -0.413. The Kier molecular flexibility index (Phi) is 5.54. The summed E-state index contributed by atoms with van der Waals surface area (Å²) >= 11 is 1.47. The molecule has 1 aromatic rings. The molecule has 0 aliphatic heterocycles. The van der Waals surface area contributed by atoms with Crippen LogP contribution in [-0.4, -0.2) is 16.9 Å². The van der Waals surface area contributed by atoms with Gasteiger partial charge < -0.3 is 11.1 Å². The highest BCUT2D eigenvalue weighted by Gasteiger charge is 2.22. The SMILES string of the molecule is CC(C)c1csc(NC(=O)C(N)CC2CCCCC2)n1. The van der Waals surface area contributed by atoms with E-state index in [1.165, 1.54) is 43.4 Å². The quantitative estimate of drug-likeness (QED) is 0.873. The summed E-state index contributed by atoms with van der Waals surface area (Å²) in [7, 11) is 0. The van der Waals surface area contributed by atoms with Gasteiger partial charge in [-0.15, -0.1) is 11.3 Å². The van der Waals surface area contributed by atoms with Gasteiger partial charge in [-0.05, 0) is 18.3 Å². The lowest BCUT2D eigenvalue weighted by Gasteiger charge is -2.23. The van der Waals surface area contributed by atoms with Gasteiger partial charge in [0, 0.05) is 5.38 Å². The van der Waals surface area contributed by atoms with Gasteiger partial charge in [0.25, 0.3) is 0 Å². The van der Waals surface area contributed by atoms with Crippen molar-refractivity contribution in [2.75, 3.05) is 5.32 Å². The van der Waals surface area contributed by atoms with E-state index < -0.39 is 6.04 Å². The average Bonchev–Trinajstić information content (AvgIpc) is 2.88. The van der Waals surface area contributed by atoms with Crippen LogP contribution in [0.4, 0.5) is 5.13 Å². The number of carbonyl (C=O) groups excluding carboxylic acids is 1. The lowest BCUT2D eigenvalue weighted by molar-refractivity contribution is -0.117. The third kappa shape index (κ3) is 4.28. The van der Waals surface area contributed by atoms with E-state index in [4.69, 9.17) is 5.73 Å². The van der Waals surface area contributed by atoms with Gasteiger partial charge in [-0.25, -0.2) is 4.98 Å². The summed E-state index contributed by atoms with van der Waals surface area (Å²) < 4.78 is 0. The number of amides is 1. The highest BCUT2D eigenvalue weighted by atomic mass is 32.1. The maximum Gasteiger partial charge on any atom is 0.243 e. The van der Waals surface area contributed by atoms with Crippen LogP contribution < -0.4 is 11.1 Å². The number of hydrogen-bond donors (Lipinski definition) is 2. The number of nitrogens with one attached hydrogen (secondary N) is 1. The van der Waals surface area contributed by atoms with Crippen LogP contribution in [0.3, 0.4) is 0 Å². The molecule has 1 heterocycles. The van der Waals surface area contributed by atoms with Crippen LogP contribution in [0.25, 0.3) is 0 Å². The number of nitrogens with two attached hydrogens (primary N) is 1. The molecule has 0 spiro atoms. The second kappa shape index (κ2) is 7.18. The fourth-order valence-corrected chi connectivity index (χ4v) is 3.57. The van der Waals surface area contributed by atoms with Gasteiger partial charge in [0.1, 0.15) is 0 Å². The highest BCUT2D eigenvalue weighted by molar-refractivity contribution is 7.13. The standard InChI is InChI=1S/C15H25N3OS/c1-10(2)13-9-20-15(17-13)18-14(19)12(16)8-11-6-4-3-5-7-11/h9-12H,3-8,16H2,1-2H3,(H,17,18,19). The molecule has 1 aromatic heterocycles. The fraction of sp³-hybridized carbons (Fsp3) is 0.733. The van der Waals surface area contributed by atoms with Crippen molar-refractivity contribution < 1.29 is 4.79 Å². The van der Waals surface area contributed by atoms with E-state index in [2.05, 4.69) is 24.1 Å². The summed E-state index contributed by atoms with van der Waals surface area (Å²) in [6.07, 6.45) is 7.13. The van der Waals surface area contributed by atoms with Crippen LogP contribution in [0.5, 0.6) is 0 Å². The fourth-order valence-electron chi connectivity index (χ4n) is 2.70. The molecular weight excluding hydrogens is 270 g/mol. The van der Waals surface area contributed by atoms with Crippen molar-refractivity contribution in [2.24, 2.45) is 11.7 Å². The van der Waals surface area contributed by atoms with Crippen LogP contribution in [0.1, 0.15) is 64.0 Å². The number of carbonyl (C=O) groups is 1. The van der Waals surface area contributed by atoms with Crippen LogP contribution in [0.2, 0.25) is 0 Å². The highest BCUT2D eigenvalue weighted by Crippen LogP contribution is 2.27. The van der Waals surface area contributed by atoms with Gasteiger partial charge in [-0.3, -0.25) is 4.79 Å². The van der Waals surface area contributed by atoms with E-state index in [1.807, 2.05) is 5.38 Å². The van der Waals surface area contributed by atoms with Gasteiger partial charge in [0.15, 0.2) is 5.13 Å². The molecule has 5 heteroatoms. The number of aromatic nitrogens is 1. The molecule has 3 N–H and O–H groups in total. The van der Waals surface area contributed by atoms with Crippen LogP contribution in [-0.2, 0) is 4.79 Å². The zero-order valence-corrected chi connectivity index (χ0v) is 13.2. The van der Waals surface area contributed by atoms with Crippen LogP contribution >= 0.6 is 11.3 Å². The zero-order chi connectivity index (χ0) is 14.5. The van der Waals surface area contributed by atoms with E-state index in [-0.39, 0.29) is 5.91 Å². The number of rotatable bonds is 5. The second-order valence-electron chi connectivity index (χ2n) is 6.07. The molecule has 1 aliphatic rings. The molecule has 20 heavy (non-hydrogen) atoms. The monoisotopic (exact) mass is 295 g/mol. The van der Waals surface area contributed by atoms with E-state index in [1.54, 1.807) is 0 Å². The molecule has 112 valence electrons. The molecule has 4 nitrogen and oxygen atoms in total. The van der Waals surface area contributed by atoms with Gasteiger partial charge in [0.2, 0.25) is 5.91 Å². The maximum atomic E-state index is 12.1. The smallest absolute Gasteiger partial charge is 0.243 e. The summed E-state index contributed by atoms with van der Waals surface area (Å²) in [4.78, 5) is 16.5. The molecular formula is C15H25N3OS. The average molecular weight is 295 g/mol. The molecule has 1 amide bonds. The van der Waals surface area contributed by atoms with Gasteiger partial charge >= 0.3 is 0 Å². The Bertz CT molecular complexity index is 438.